The molecular formula is C12H16N4O3. The third-order valence-corrected chi connectivity index (χ3v) is 2.40. The molecule has 7 heteroatoms. The van der Waals surface area contributed by atoms with Gasteiger partial charge in [0.25, 0.3) is 5.91 Å². The quantitative estimate of drug-likeness (QED) is 0.554. The van der Waals surface area contributed by atoms with Crippen molar-refractivity contribution >= 4 is 23.4 Å². The van der Waals surface area contributed by atoms with Gasteiger partial charge < -0.3 is 22.1 Å². The summed E-state index contributed by atoms with van der Waals surface area (Å²) in [6, 6.07) is 5.28. The van der Waals surface area contributed by atoms with E-state index in [4.69, 9.17) is 11.5 Å². The first-order chi connectivity index (χ1) is 8.93. The van der Waals surface area contributed by atoms with Gasteiger partial charge >= 0.3 is 0 Å². The zero-order chi connectivity index (χ0) is 14.4. The summed E-state index contributed by atoms with van der Waals surface area (Å²) in [6.07, 6.45) is -0.220. The van der Waals surface area contributed by atoms with Crippen molar-refractivity contribution in [1.29, 1.82) is 0 Å². The van der Waals surface area contributed by atoms with Crippen molar-refractivity contribution in [1.82, 2.24) is 5.32 Å². The molecule has 1 rings (SSSR count). The Labute approximate surface area is 110 Å². The summed E-state index contributed by atoms with van der Waals surface area (Å²) in [6.45, 7) is 0. The fourth-order valence-corrected chi connectivity index (χ4v) is 1.39. The van der Waals surface area contributed by atoms with Gasteiger partial charge in [-0.05, 0) is 24.3 Å². The van der Waals surface area contributed by atoms with Gasteiger partial charge in [-0.1, -0.05) is 0 Å². The first kappa shape index (κ1) is 14.7. The molecular weight excluding hydrogens is 248 g/mol. The van der Waals surface area contributed by atoms with Crippen molar-refractivity contribution < 1.29 is 14.4 Å². The van der Waals surface area contributed by atoms with Crippen LogP contribution in [-0.4, -0.2) is 30.8 Å². The van der Waals surface area contributed by atoms with Crippen molar-refractivity contribution in [2.75, 3.05) is 12.4 Å². The molecule has 102 valence electrons. The molecule has 0 saturated carbocycles. The van der Waals surface area contributed by atoms with Crippen LogP contribution in [-0.2, 0) is 9.59 Å². The van der Waals surface area contributed by atoms with E-state index in [0.717, 1.165) is 0 Å². The van der Waals surface area contributed by atoms with Crippen molar-refractivity contribution in [2.24, 2.45) is 11.5 Å². The van der Waals surface area contributed by atoms with E-state index in [1.165, 1.54) is 7.05 Å². The Balaban J connectivity index is 2.65. The maximum Gasteiger partial charge on any atom is 0.251 e. The van der Waals surface area contributed by atoms with E-state index < -0.39 is 17.9 Å². The van der Waals surface area contributed by atoms with Gasteiger partial charge in [0.2, 0.25) is 11.8 Å². The molecule has 1 atom stereocenters. The van der Waals surface area contributed by atoms with Crippen LogP contribution in [0.25, 0.3) is 0 Å². The molecule has 1 aromatic carbocycles. The Morgan fingerprint density at radius 2 is 1.79 bits per heavy atom. The summed E-state index contributed by atoms with van der Waals surface area (Å²) in [5.74, 6) is -1.37. The van der Waals surface area contributed by atoms with Crippen LogP contribution in [0.3, 0.4) is 0 Å². The second kappa shape index (κ2) is 6.50. The molecule has 0 aromatic heterocycles. The predicted octanol–water partition coefficient (Wildman–Crippen LogP) is -0.813. The molecule has 0 spiro atoms. The van der Waals surface area contributed by atoms with Gasteiger partial charge in [0.05, 0.1) is 12.5 Å². The molecule has 0 saturated heterocycles. The number of hydrogen-bond donors (Lipinski definition) is 4. The average molecular weight is 264 g/mol. The zero-order valence-corrected chi connectivity index (χ0v) is 10.5. The number of nitrogens with one attached hydrogen (secondary N) is 2. The molecule has 19 heavy (non-hydrogen) atoms. The number of nitrogens with two attached hydrogens (primary N) is 2. The van der Waals surface area contributed by atoms with Crippen molar-refractivity contribution in [3.05, 3.63) is 29.8 Å². The van der Waals surface area contributed by atoms with Crippen molar-refractivity contribution in [2.45, 2.75) is 12.5 Å². The van der Waals surface area contributed by atoms with E-state index in [1.54, 1.807) is 24.3 Å². The summed E-state index contributed by atoms with van der Waals surface area (Å²) in [5, 5.41) is 5.01. The van der Waals surface area contributed by atoms with Crippen LogP contribution in [0.5, 0.6) is 0 Å². The maximum absolute atomic E-state index is 11.6. The highest BCUT2D eigenvalue weighted by Crippen LogP contribution is 2.10. The van der Waals surface area contributed by atoms with Gasteiger partial charge in [-0.25, -0.2) is 0 Å². The smallest absolute Gasteiger partial charge is 0.251 e. The van der Waals surface area contributed by atoms with Crippen LogP contribution in [0.1, 0.15) is 16.8 Å². The number of benzene rings is 1. The van der Waals surface area contributed by atoms with E-state index in [-0.39, 0.29) is 12.3 Å². The minimum Gasteiger partial charge on any atom is -0.370 e. The van der Waals surface area contributed by atoms with Crippen LogP contribution in [0.2, 0.25) is 0 Å². The first-order valence-electron chi connectivity index (χ1n) is 5.61. The lowest BCUT2D eigenvalue weighted by molar-refractivity contribution is -0.123. The van der Waals surface area contributed by atoms with E-state index >= 15 is 0 Å². The minimum absolute atomic E-state index is 0.219. The standard InChI is InChI=1S/C12H16N4O3/c1-15-11(18)7-2-4-8(5-3-7)16-12(19)9(13)6-10(14)17/h2-5,9H,6,13H2,1H3,(H2,14,17)(H,15,18)(H,16,19). The Hall–Kier alpha value is -2.41. The summed E-state index contributed by atoms with van der Waals surface area (Å²) in [5.41, 5.74) is 11.4. The van der Waals surface area contributed by atoms with Crippen molar-refractivity contribution in [3.8, 4) is 0 Å². The summed E-state index contributed by atoms with van der Waals surface area (Å²) in [4.78, 5) is 33.5. The molecule has 0 bridgehead atoms. The maximum atomic E-state index is 11.6. The largest absolute Gasteiger partial charge is 0.370 e. The highest BCUT2D eigenvalue weighted by atomic mass is 16.2. The van der Waals surface area contributed by atoms with Crippen LogP contribution < -0.4 is 22.1 Å². The van der Waals surface area contributed by atoms with Crippen LogP contribution in [0.15, 0.2) is 24.3 Å². The third kappa shape index (κ3) is 4.40. The Morgan fingerprint density at radius 1 is 1.21 bits per heavy atom. The van der Waals surface area contributed by atoms with Gasteiger partial charge in [0.15, 0.2) is 0 Å². The number of carbonyl (C=O) groups excluding carboxylic acids is 3. The lowest BCUT2D eigenvalue weighted by Crippen LogP contribution is -2.38. The molecule has 0 fully saturated rings. The van der Waals surface area contributed by atoms with E-state index in [2.05, 4.69) is 10.6 Å². The highest BCUT2D eigenvalue weighted by Gasteiger charge is 2.16. The minimum atomic E-state index is -0.990. The summed E-state index contributed by atoms with van der Waals surface area (Å²) < 4.78 is 0. The molecule has 0 radical (unpaired) electrons. The molecule has 1 unspecified atom stereocenters. The number of anilines is 1. The number of amides is 3. The first-order valence-corrected chi connectivity index (χ1v) is 5.61. The Bertz CT molecular complexity index is 484. The number of carbonyl (C=O) groups is 3. The monoisotopic (exact) mass is 264 g/mol. The molecule has 0 aliphatic carbocycles. The average Bonchev–Trinajstić information content (AvgIpc) is 2.37. The topological polar surface area (TPSA) is 127 Å². The predicted molar refractivity (Wildman–Crippen MR) is 70.2 cm³/mol. The second-order valence-corrected chi connectivity index (χ2v) is 3.92. The summed E-state index contributed by atoms with van der Waals surface area (Å²) >= 11 is 0. The van der Waals surface area contributed by atoms with Gasteiger partial charge in [-0.15, -0.1) is 0 Å². The lowest BCUT2D eigenvalue weighted by Gasteiger charge is -2.10. The van der Waals surface area contributed by atoms with Gasteiger partial charge in [0, 0.05) is 18.3 Å². The van der Waals surface area contributed by atoms with Gasteiger partial charge in [-0.2, -0.15) is 0 Å². The normalized spacial score (nSPS) is 11.5. The van der Waals surface area contributed by atoms with Gasteiger partial charge in [-0.3, -0.25) is 14.4 Å². The summed E-state index contributed by atoms with van der Waals surface area (Å²) in [7, 11) is 1.53. The molecule has 0 aliphatic heterocycles. The molecule has 0 heterocycles. The molecule has 3 amide bonds. The second-order valence-electron chi connectivity index (χ2n) is 3.92. The van der Waals surface area contributed by atoms with E-state index in [1.807, 2.05) is 0 Å². The number of rotatable bonds is 5. The number of primary amides is 1. The fraction of sp³-hybridized carbons (Fsp3) is 0.250. The fourth-order valence-electron chi connectivity index (χ4n) is 1.39. The van der Waals surface area contributed by atoms with Crippen LogP contribution in [0.4, 0.5) is 5.69 Å². The SMILES string of the molecule is CNC(=O)c1ccc(NC(=O)C(N)CC(N)=O)cc1. The van der Waals surface area contributed by atoms with Crippen LogP contribution in [0, 0.1) is 0 Å². The Morgan fingerprint density at radius 3 is 2.26 bits per heavy atom. The van der Waals surface area contributed by atoms with E-state index in [9.17, 15) is 14.4 Å². The molecule has 6 N–H and O–H groups in total. The molecule has 0 aliphatic rings. The lowest BCUT2D eigenvalue weighted by atomic mass is 10.1. The highest BCUT2D eigenvalue weighted by molar-refractivity contribution is 5.98. The number of hydrogen-bond acceptors (Lipinski definition) is 4. The Kier molecular flexibility index (Phi) is 5.01. The molecule has 1 aromatic rings. The van der Waals surface area contributed by atoms with Gasteiger partial charge in [0.1, 0.15) is 0 Å². The van der Waals surface area contributed by atoms with Crippen LogP contribution >= 0.6 is 0 Å². The zero-order valence-electron chi connectivity index (χ0n) is 10.5. The van der Waals surface area contributed by atoms with Crippen molar-refractivity contribution in [3.63, 3.8) is 0 Å². The van der Waals surface area contributed by atoms with E-state index in [0.29, 0.717) is 11.3 Å². The third-order valence-electron chi connectivity index (χ3n) is 2.40. The molecule has 7 nitrogen and oxygen atoms in total.